The van der Waals surface area contributed by atoms with E-state index in [1.54, 1.807) is 13.3 Å². The fourth-order valence-electron chi connectivity index (χ4n) is 2.16. The lowest BCUT2D eigenvalue weighted by Crippen LogP contribution is -2.14. The number of halogens is 1. The largest absolute Gasteiger partial charge is 0.496 e. The van der Waals surface area contributed by atoms with Crippen LogP contribution in [0.15, 0.2) is 41.1 Å². The molecule has 0 aliphatic carbocycles. The van der Waals surface area contributed by atoms with Crippen molar-refractivity contribution < 1.29 is 4.74 Å². The molecule has 0 spiro atoms. The first kappa shape index (κ1) is 15.6. The van der Waals surface area contributed by atoms with E-state index in [0.717, 1.165) is 21.6 Å². The Hall–Kier alpha value is -1.75. The van der Waals surface area contributed by atoms with Gasteiger partial charge in [0.15, 0.2) is 0 Å². The van der Waals surface area contributed by atoms with E-state index in [2.05, 4.69) is 50.2 Å². The van der Waals surface area contributed by atoms with Crippen molar-refractivity contribution in [2.24, 2.45) is 0 Å². The van der Waals surface area contributed by atoms with Crippen molar-refractivity contribution in [1.29, 1.82) is 0 Å². The normalized spacial score (nSPS) is 11.9. The summed E-state index contributed by atoms with van der Waals surface area (Å²) in [5.74, 6) is 0.835. The second kappa shape index (κ2) is 6.80. The average molecular weight is 350 g/mol. The molecule has 0 amide bonds. The molecular formula is C16H20BrN3O. The number of benzene rings is 1. The molecule has 2 rings (SSSR count). The summed E-state index contributed by atoms with van der Waals surface area (Å²) in [6.45, 7) is 2.13. The zero-order valence-corrected chi connectivity index (χ0v) is 14.3. The summed E-state index contributed by atoms with van der Waals surface area (Å²) in [4.78, 5) is 6.27. The summed E-state index contributed by atoms with van der Waals surface area (Å²) >= 11 is 3.53. The minimum Gasteiger partial charge on any atom is -0.496 e. The number of pyridine rings is 1. The van der Waals surface area contributed by atoms with Gasteiger partial charge in [-0.3, -0.25) is 4.98 Å². The van der Waals surface area contributed by atoms with Gasteiger partial charge in [0, 0.05) is 26.3 Å². The lowest BCUT2D eigenvalue weighted by molar-refractivity contribution is 0.412. The Morgan fingerprint density at radius 2 is 2.05 bits per heavy atom. The maximum absolute atomic E-state index is 5.26. The molecule has 0 aliphatic heterocycles. The Labute approximate surface area is 134 Å². The highest BCUT2D eigenvalue weighted by Crippen LogP contribution is 2.31. The van der Waals surface area contributed by atoms with E-state index in [0.29, 0.717) is 0 Å². The van der Waals surface area contributed by atoms with Crippen molar-refractivity contribution in [1.82, 2.24) is 4.98 Å². The van der Waals surface area contributed by atoms with Crippen LogP contribution in [0.25, 0.3) is 0 Å². The Balaban J connectivity index is 2.22. The third kappa shape index (κ3) is 3.67. The van der Waals surface area contributed by atoms with Crippen LogP contribution in [0.1, 0.15) is 18.5 Å². The van der Waals surface area contributed by atoms with Gasteiger partial charge in [-0.25, -0.2) is 0 Å². The van der Waals surface area contributed by atoms with Gasteiger partial charge in [0.2, 0.25) is 0 Å². The summed E-state index contributed by atoms with van der Waals surface area (Å²) in [7, 11) is 5.71. The molecule has 112 valence electrons. The molecule has 21 heavy (non-hydrogen) atoms. The molecule has 2 aromatic rings. The number of methoxy groups -OCH3 is 1. The second-order valence-electron chi connectivity index (χ2n) is 5.05. The molecular weight excluding hydrogens is 330 g/mol. The Kier molecular flexibility index (Phi) is 5.07. The minimum atomic E-state index is 0.162. The molecule has 1 aromatic carbocycles. The lowest BCUT2D eigenvalue weighted by Gasteiger charge is -2.22. The molecule has 1 heterocycles. The number of nitrogens with zero attached hydrogens (tertiary/aromatic N) is 2. The average Bonchev–Trinajstić information content (AvgIpc) is 2.47. The molecule has 0 fully saturated rings. The third-order valence-electron chi connectivity index (χ3n) is 3.33. The van der Waals surface area contributed by atoms with Crippen molar-refractivity contribution in [3.8, 4) is 5.75 Å². The molecule has 1 unspecified atom stereocenters. The predicted octanol–water partition coefficient (Wildman–Crippen LogP) is 4.09. The van der Waals surface area contributed by atoms with E-state index in [-0.39, 0.29) is 6.04 Å². The first-order chi connectivity index (χ1) is 10.0. The SMILES string of the molecule is COc1ccc(C(C)Nc2cnccc2N(C)C)cc1Br. The molecule has 0 saturated heterocycles. The Bertz CT molecular complexity index is 616. The molecule has 1 aromatic heterocycles. The number of rotatable bonds is 5. The fourth-order valence-corrected chi connectivity index (χ4v) is 2.72. The molecule has 5 heteroatoms. The molecule has 4 nitrogen and oxygen atoms in total. The van der Waals surface area contributed by atoms with E-state index in [1.807, 2.05) is 32.4 Å². The summed E-state index contributed by atoms with van der Waals surface area (Å²) in [6.07, 6.45) is 3.65. The van der Waals surface area contributed by atoms with Gasteiger partial charge in [0.05, 0.1) is 29.2 Å². The summed E-state index contributed by atoms with van der Waals surface area (Å²) in [5.41, 5.74) is 3.31. The zero-order chi connectivity index (χ0) is 15.4. The highest BCUT2D eigenvalue weighted by molar-refractivity contribution is 9.10. The van der Waals surface area contributed by atoms with Crippen LogP contribution in [0.3, 0.4) is 0 Å². The van der Waals surface area contributed by atoms with E-state index < -0.39 is 0 Å². The van der Waals surface area contributed by atoms with Gasteiger partial charge in [-0.2, -0.15) is 0 Å². The van der Waals surface area contributed by atoms with Crippen LogP contribution in [0.4, 0.5) is 11.4 Å². The minimum absolute atomic E-state index is 0.162. The number of ether oxygens (including phenoxy) is 1. The van der Waals surface area contributed by atoms with Crippen molar-refractivity contribution >= 4 is 27.3 Å². The van der Waals surface area contributed by atoms with E-state index in [9.17, 15) is 0 Å². The van der Waals surface area contributed by atoms with E-state index in [4.69, 9.17) is 4.74 Å². The molecule has 1 atom stereocenters. The van der Waals surface area contributed by atoms with E-state index >= 15 is 0 Å². The molecule has 0 radical (unpaired) electrons. The topological polar surface area (TPSA) is 37.4 Å². The summed E-state index contributed by atoms with van der Waals surface area (Å²) in [5, 5.41) is 3.51. The van der Waals surface area contributed by atoms with Gasteiger partial charge in [-0.05, 0) is 46.6 Å². The van der Waals surface area contributed by atoms with Crippen LogP contribution in [-0.2, 0) is 0 Å². The zero-order valence-electron chi connectivity index (χ0n) is 12.7. The second-order valence-corrected chi connectivity index (χ2v) is 5.90. The molecule has 0 saturated carbocycles. The number of anilines is 2. The number of hydrogen-bond acceptors (Lipinski definition) is 4. The number of aromatic nitrogens is 1. The highest BCUT2D eigenvalue weighted by Gasteiger charge is 2.11. The standard InChI is InChI=1S/C16H20BrN3O/c1-11(12-5-6-16(21-4)13(17)9-12)19-14-10-18-8-7-15(14)20(2)3/h5-11,19H,1-4H3. The number of hydrogen-bond donors (Lipinski definition) is 1. The summed E-state index contributed by atoms with van der Waals surface area (Å²) in [6, 6.07) is 8.26. The van der Waals surface area contributed by atoms with Crippen LogP contribution >= 0.6 is 15.9 Å². The van der Waals surface area contributed by atoms with Crippen molar-refractivity contribution in [2.75, 3.05) is 31.4 Å². The van der Waals surface area contributed by atoms with Crippen molar-refractivity contribution in [3.05, 3.63) is 46.7 Å². The third-order valence-corrected chi connectivity index (χ3v) is 3.95. The maximum atomic E-state index is 5.26. The smallest absolute Gasteiger partial charge is 0.133 e. The van der Waals surface area contributed by atoms with Gasteiger partial charge in [-0.15, -0.1) is 0 Å². The van der Waals surface area contributed by atoms with E-state index in [1.165, 1.54) is 5.56 Å². The van der Waals surface area contributed by atoms with Gasteiger partial charge >= 0.3 is 0 Å². The first-order valence-corrected chi connectivity index (χ1v) is 7.53. The lowest BCUT2D eigenvalue weighted by atomic mass is 10.1. The quantitative estimate of drug-likeness (QED) is 0.881. The van der Waals surface area contributed by atoms with Crippen LogP contribution in [0.2, 0.25) is 0 Å². The summed E-state index contributed by atoms with van der Waals surface area (Å²) < 4.78 is 6.22. The fraction of sp³-hybridized carbons (Fsp3) is 0.312. The van der Waals surface area contributed by atoms with Crippen LogP contribution in [-0.4, -0.2) is 26.2 Å². The molecule has 0 bridgehead atoms. The maximum Gasteiger partial charge on any atom is 0.133 e. The highest BCUT2D eigenvalue weighted by atomic mass is 79.9. The molecule has 1 N–H and O–H groups in total. The Morgan fingerprint density at radius 1 is 1.29 bits per heavy atom. The van der Waals surface area contributed by atoms with Crippen LogP contribution in [0, 0.1) is 0 Å². The van der Waals surface area contributed by atoms with Crippen molar-refractivity contribution in [2.45, 2.75) is 13.0 Å². The number of nitrogens with one attached hydrogen (secondary N) is 1. The molecule has 0 aliphatic rings. The van der Waals surface area contributed by atoms with Crippen LogP contribution in [0.5, 0.6) is 5.75 Å². The monoisotopic (exact) mass is 349 g/mol. The Morgan fingerprint density at radius 3 is 2.67 bits per heavy atom. The van der Waals surface area contributed by atoms with Crippen molar-refractivity contribution in [3.63, 3.8) is 0 Å². The first-order valence-electron chi connectivity index (χ1n) is 6.74. The van der Waals surface area contributed by atoms with Gasteiger partial charge in [0.1, 0.15) is 5.75 Å². The van der Waals surface area contributed by atoms with Gasteiger partial charge in [-0.1, -0.05) is 6.07 Å². The predicted molar refractivity (Wildman–Crippen MR) is 91.3 cm³/mol. The van der Waals surface area contributed by atoms with Crippen LogP contribution < -0.4 is 15.0 Å². The van der Waals surface area contributed by atoms with Gasteiger partial charge < -0.3 is 15.0 Å². The van der Waals surface area contributed by atoms with Gasteiger partial charge in [0.25, 0.3) is 0 Å².